The van der Waals surface area contributed by atoms with Gasteiger partial charge in [-0.15, -0.1) is 6.58 Å². The maximum atomic E-state index is 3.91. The fourth-order valence-corrected chi connectivity index (χ4v) is 0.752. The van der Waals surface area contributed by atoms with Crippen LogP contribution in [-0.4, -0.2) is 23.1 Å². The minimum atomic E-state index is 0. The van der Waals surface area contributed by atoms with Gasteiger partial charge < -0.3 is 19.3 Å². The summed E-state index contributed by atoms with van der Waals surface area (Å²) in [5.74, 6) is 0.601. The largest absolute Gasteiger partial charge is 2.00 e. The number of halogens is 1. The summed E-state index contributed by atoms with van der Waals surface area (Å²) in [4.78, 5) is 0. The quantitative estimate of drug-likeness (QED) is 0.324. The molecule has 0 amide bonds. The Balaban J connectivity index is -0.000000320. The maximum absolute atomic E-state index is 3.91. The molecule has 0 aliphatic heterocycles. The average molecular weight is 185 g/mol. The summed E-state index contributed by atoms with van der Waals surface area (Å²) in [6, 6.07) is 0. The van der Waals surface area contributed by atoms with E-state index in [0.717, 1.165) is 0 Å². The van der Waals surface area contributed by atoms with Crippen molar-refractivity contribution in [3.8, 4) is 0 Å². The van der Waals surface area contributed by atoms with E-state index in [9.17, 15) is 0 Å². The second-order valence-electron chi connectivity index (χ2n) is 2.95. The van der Waals surface area contributed by atoms with Crippen molar-refractivity contribution in [1.82, 2.24) is 0 Å². The summed E-state index contributed by atoms with van der Waals surface area (Å²) in [6.07, 6.45) is 3.65. The molecular weight excluding hydrogens is 168 g/mol. The Labute approximate surface area is 93.4 Å². The van der Waals surface area contributed by atoms with E-state index in [1.54, 1.807) is 0 Å². The summed E-state index contributed by atoms with van der Waals surface area (Å²) in [7, 11) is 0. The summed E-state index contributed by atoms with van der Waals surface area (Å²) in [5, 5.41) is 0. The molecule has 0 radical (unpaired) electrons. The predicted octanol–water partition coefficient (Wildman–Crippen LogP) is -0.174. The van der Waals surface area contributed by atoms with Crippen molar-refractivity contribution >= 4 is 23.1 Å². The zero-order valence-corrected chi connectivity index (χ0v) is 9.87. The van der Waals surface area contributed by atoms with Gasteiger partial charge in [-0.25, -0.2) is 0 Å². The molecule has 2 heteroatoms. The van der Waals surface area contributed by atoms with Gasteiger partial charge in [0.1, 0.15) is 0 Å². The molecule has 1 unspecified atom stereocenters. The molecule has 0 saturated carbocycles. The van der Waals surface area contributed by atoms with Gasteiger partial charge in [0.05, 0.1) is 0 Å². The van der Waals surface area contributed by atoms with E-state index in [4.69, 9.17) is 0 Å². The van der Waals surface area contributed by atoms with Crippen molar-refractivity contribution in [3.05, 3.63) is 19.1 Å². The molecule has 0 fully saturated rings. The topological polar surface area (TPSA) is 0 Å². The van der Waals surface area contributed by atoms with E-state index in [1.165, 1.54) is 24.8 Å². The predicted molar refractivity (Wildman–Crippen MR) is 48.9 cm³/mol. The fourth-order valence-electron chi connectivity index (χ4n) is 0.752. The van der Waals surface area contributed by atoms with Crippen LogP contribution in [0.1, 0.15) is 33.1 Å². The molecule has 62 valence electrons. The van der Waals surface area contributed by atoms with Gasteiger partial charge in [0.15, 0.2) is 0 Å². The summed E-state index contributed by atoms with van der Waals surface area (Å²) < 4.78 is 0. The van der Waals surface area contributed by atoms with E-state index in [-0.39, 0.29) is 35.5 Å². The molecule has 0 saturated heterocycles. The van der Waals surface area contributed by atoms with Gasteiger partial charge in [-0.3, -0.25) is 0 Å². The summed E-state index contributed by atoms with van der Waals surface area (Å²) in [6.45, 7) is 12.0. The summed E-state index contributed by atoms with van der Waals surface area (Å²) in [5.41, 5.74) is 1.29. The molecule has 0 aromatic carbocycles. The van der Waals surface area contributed by atoms with E-state index in [0.29, 0.717) is 5.92 Å². The van der Waals surface area contributed by atoms with Crippen LogP contribution in [0.15, 0.2) is 12.2 Å². The average Bonchev–Trinajstić information content (AvgIpc) is 1.63. The molecular formula is C9H17ClMg. The minimum absolute atomic E-state index is 0. The molecule has 0 spiro atoms. The van der Waals surface area contributed by atoms with Crippen LogP contribution in [0.5, 0.6) is 0 Å². The molecule has 0 aromatic heterocycles. The maximum Gasteiger partial charge on any atom is 2.00 e. The van der Waals surface area contributed by atoms with Gasteiger partial charge in [-0.2, -0.15) is 5.92 Å². The third-order valence-corrected chi connectivity index (χ3v) is 1.30. The van der Waals surface area contributed by atoms with Gasteiger partial charge in [0.2, 0.25) is 0 Å². The van der Waals surface area contributed by atoms with E-state index >= 15 is 0 Å². The Bertz CT molecular complexity index is 89.6. The van der Waals surface area contributed by atoms with Crippen molar-refractivity contribution in [2.75, 3.05) is 0 Å². The number of hydrogen-bond acceptors (Lipinski definition) is 0. The number of hydrogen-bond donors (Lipinski definition) is 0. The van der Waals surface area contributed by atoms with E-state index in [1.807, 2.05) is 0 Å². The molecule has 1 atom stereocenters. The van der Waals surface area contributed by atoms with Crippen molar-refractivity contribution in [1.29, 1.82) is 0 Å². The molecule has 11 heavy (non-hydrogen) atoms. The first kappa shape index (κ1) is 17.8. The second kappa shape index (κ2) is 10.8. The summed E-state index contributed by atoms with van der Waals surface area (Å²) >= 11 is 0. The standard InChI is InChI=1S/C9H17.ClH.Mg/c1-8(2)6-5-7-9(3)4;;/h8H,1,3,5-7H2,2,4H3;1H;/q-1;;+2/p-1. The first-order valence-electron chi connectivity index (χ1n) is 3.60. The van der Waals surface area contributed by atoms with Crippen molar-refractivity contribution in [2.24, 2.45) is 5.92 Å². The van der Waals surface area contributed by atoms with Crippen molar-refractivity contribution in [3.63, 3.8) is 0 Å². The van der Waals surface area contributed by atoms with Crippen LogP contribution in [0.3, 0.4) is 0 Å². The Morgan fingerprint density at radius 3 is 2.27 bits per heavy atom. The van der Waals surface area contributed by atoms with Gasteiger partial charge >= 0.3 is 23.1 Å². The Hall–Kier alpha value is 0.796. The molecule has 0 nitrogen and oxygen atoms in total. The molecule has 0 aliphatic rings. The molecule has 0 aromatic rings. The molecule has 0 bridgehead atoms. The van der Waals surface area contributed by atoms with Crippen LogP contribution >= 0.6 is 0 Å². The normalized spacial score (nSPS) is 10.8. The fraction of sp³-hybridized carbons (Fsp3) is 0.667. The van der Waals surface area contributed by atoms with Crippen LogP contribution in [0.2, 0.25) is 0 Å². The third-order valence-electron chi connectivity index (χ3n) is 1.30. The molecule has 0 N–H and O–H groups in total. The smallest absolute Gasteiger partial charge is 1.00 e. The van der Waals surface area contributed by atoms with Gasteiger partial charge in [0, 0.05) is 0 Å². The first-order chi connectivity index (χ1) is 4.13. The first-order valence-corrected chi connectivity index (χ1v) is 3.60. The minimum Gasteiger partial charge on any atom is -1.00 e. The van der Waals surface area contributed by atoms with Crippen LogP contribution in [0, 0.1) is 12.8 Å². The number of rotatable bonds is 4. The SMILES string of the molecule is C=C(C)CCCC([CH2-])C.[Cl-].[Mg+2]. The van der Waals surface area contributed by atoms with Crippen molar-refractivity contribution < 1.29 is 12.4 Å². The van der Waals surface area contributed by atoms with E-state index in [2.05, 4.69) is 27.4 Å². The second-order valence-corrected chi connectivity index (χ2v) is 2.95. The molecule has 0 rings (SSSR count). The third kappa shape index (κ3) is 18.1. The van der Waals surface area contributed by atoms with Crippen LogP contribution < -0.4 is 12.4 Å². The van der Waals surface area contributed by atoms with Gasteiger partial charge in [0.25, 0.3) is 0 Å². The van der Waals surface area contributed by atoms with Crippen molar-refractivity contribution in [2.45, 2.75) is 33.1 Å². The molecule has 0 aliphatic carbocycles. The van der Waals surface area contributed by atoms with Crippen LogP contribution in [-0.2, 0) is 0 Å². The van der Waals surface area contributed by atoms with Crippen LogP contribution in [0.25, 0.3) is 0 Å². The van der Waals surface area contributed by atoms with Gasteiger partial charge in [-0.1, -0.05) is 25.3 Å². The van der Waals surface area contributed by atoms with Crippen LogP contribution in [0.4, 0.5) is 0 Å². The van der Waals surface area contributed by atoms with Gasteiger partial charge in [-0.05, 0) is 13.3 Å². The zero-order valence-electron chi connectivity index (χ0n) is 7.70. The zero-order chi connectivity index (χ0) is 7.28. The monoisotopic (exact) mass is 184 g/mol. The Morgan fingerprint density at radius 2 is 2.00 bits per heavy atom. The Morgan fingerprint density at radius 1 is 1.55 bits per heavy atom. The Kier molecular flexibility index (Phi) is 17.4. The number of allylic oxidation sites excluding steroid dienone is 1. The van der Waals surface area contributed by atoms with E-state index < -0.39 is 0 Å². The molecule has 0 heterocycles.